The van der Waals surface area contributed by atoms with E-state index < -0.39 is 0 Å². The van der Waals surface area contributed by atoms with Crippen LogP contribution >= 0.6 is 11.8 Å². The maximum Gasteiger partial charge on any atom is 0.234 e. The number of nitrogens with two attached hydrogens (primary N) is 1. The molecule has 2 heterocycles. The molecular weight excluding hydrogens is 270 g/mol. The van der Waals surface area contributed by atoms with E-state index in [1.54, 1.807) is 0 Å². The first-order valence-electron chi connectivity index (χ1n) is 8.00. The Bertz CT molecular complexity index is 421. The minimum atomic E-state index is -0.0545. The molecule has 1 aliphatic heterocycles. The van der Waals surface area contributed by atoms with Gasteiger partial charge >= 0.3 is 0 Å². The molecule has 1 unspecified atom stereocenters. The van der Waals surface area contributed by atoms with E-state index in [9.17, 15) is 0 Å². The van der Waals surface area contributed by atoms with E-state index in [4.69, 9.17) is 15.2 Å². The van der Waals surface area contributed by atoms with Gasteiger partial charge in [0.15, 0.2) is 5.82 Å². The summed E-state index contributed by atoms with van der Waals surface area (Å²) in [5.41, 5.74) is 6.04. The van der Waals surface area contributed by atoms with Gasteiger partial charge in [0.1, 0.15) is 0 Å². The van der Waals surface area contributed by atoms with Crippen LogP contribution in [-0.4, -0.2) is 22.4 Å². The lowest BCUT2D eigenvalue weighted by atomic mass is 9.80. The molecule has 2 N–H and O–H groups in total. The molecule has 2 aliphatic rings. The second-order valence-corrected chi connectivity index (χ2v) is 7.52. The third kappa shape index (κ3) is 2.89. The van der Waals surface area contributed by atoms with Crippen molar-refractivity contribution in [3.05, 3.63) is 11.7 Å². The minimum absolute atomic E-state index is 0.0545. The van der Waals surface area contributed by atoms with Gasteiger partial charge in [-0.3, -0.25) is 0 Å². The van der Waals surface area contributed by atoms with E-state index in [0.717, 1.165) is 24.6 Å². The Labute approximate surface area is 125 Å². The molecule has 20 heavy (non-hydrogen) atoms. The number of nitrogens with zero attached hydrogens (tertiary/aromatic N) is 2. The average molecular weight is 295 g/mol. The van der Waals surface area contributed by atoms with Gasteiger partial charge in [-0.05, 0) is 31.4 Å². The van der Waals surface area contributed by atoms with Crippen LogP contribution < -0.4 is 5.73 Å². The summed E-state index contributed by atoms with van der Waals surface area (Å²) in [6, 6.07) is 0. The quantitative estimate of drug-likeness (QED) is 0.863. The van der Waals surface area contributed by atoms with Crippen molar-refractivity contribution in [2.45, 2.75) is 68.5 Å². The van der Waals surface area contributed by atoms with Crippen molar-refractivity contribution in [2.75, 3.05) is 12.3 Å². The Balaban J connectivity index is 1.79. The molecule has 3 rings (SSSR count). The molecule has 5 heteroatoms. The summed E-state index contributed by atoms with van der Waals surface area (Å²) in [6.07, 6.45) is 11.1. The van der Waals surface area contributed by atoms with Gasteiger partial charge in [-0.2, -0.15) is 16.7 Å². The third-order valence-corrected chi connectivity index (χ3v) is 6.19. The van der Waals surface area contributed by atoms with Gasteiger partial charge in [0.25, 0.3) is 0 Å². The number of thioether (sulfide) groups is 1. The standard InChI is InChI=1S/C15H25N3OS/c16-11-15(8-4-1-2-5-9-15)14-17-13(18-19-14)12-7-3-6-10-20-12/h12H,1-11,16H2. The molecule has 1 atom stereocenters. The molecule has 1 saturated heterocycles. The summed E-state index contributed by atoms with van der Waals surface area (Å²) in [5, 5.41) is 4.71. The lowest BCUT2D eigenvalue weighted by molar-refractivity contribution is 0.256. The SMILES string of the molecule is NCC1(c2nc(C3CCCCS3)no2)CCCCCC1. The molecule has 1 aromatic heterocycles. The van der Waals surface area contributed by atoms with Crippen molar-refractivity contribution in [3.63, 3.8) is 0 Å². The molecule has 1 aromatic rings. The van der Waals surface area contributed by atoms with Gasteiger partial charge in [-0.1, -0.05) is 37.3 Å². The molecule has 0 radical (unpaired) electrons. The van der Waals surface area contributed by atoms with E-state index >= 15 is 0 Å². The molecule has 2 fully saturated rings. The Morgan fingerprint density at radius 1 is 1.15 bits per heavy atom. The number of hydrogen-bond acceptors (Lipinski definition) is 5. The number of hydrogen-bond donors (Lipinski definition) is 1. The largest absolute Gasteiger partial charge is 0.339 e. The Morgan fingerprint density at radius 3 is 2.60 bits per heavy atom. The van der Waals surface area contributed by atoms with Crippen LogP contribution in [0.5, 0.6) is 0 Å². The van der Waals surface area contributed by atoms with E-state index in [1.807, 2.05) is 11.8 Å². The van der Waals surface area contributed by atoms with Crippen LogP contribution in [-0.2, 0) is 5.41 Å². The van der Waals surface area contributed by atoms with Crippen molar-refractivity contribution in [3.8, 4) is 0 Å². The summed E-state index contributed by atoms with van der Waals surface area (Å²) < 4.78 is 5.65. The lowest BCUT2D eigenvalue weighted by Gasteiger charge is -2.26. The number of rotatable bonds is 3. The van der Waals surface area contributed by atoms with Gasteiger partial charge in [0.2, 0.25) is 5.89 Å². The summed E-state index contributed by atoms with van der Waals surface area (Å²) in [4.78, 5) is 4.76. The van der Waals surface area contributed by atoms with E-state index in [2.05, 4.69) is 5.16 Å². The topological polar surface area (TPSA) is 64.9 Å². The van der Waals surface area contributed by atoms with Crippen molar-refractivity contribution < 1.29 is 4.52 Å². The van der Waals surface area contributed by atoms with E-state index in [-0.39, 0.29) is 5.41 Å². The summed E-state index contributed by atoms with van der Waals surface area (Å²) in [5.74, 6) is 2.93. The van der Waals surface area contributed by atoms with Crippen molar-refractivity contribution in [1.29, 1.82) is 0 Å². The van der Waals surface area contributed by atoms with Gasteiger partial charge in [-0.15, -0.1) is 0 Å². The van der Waals surface area contributed by atoms with E-state index in [0.29, 0.717) is 11.8 Å². The summed E-state index contributed by atoms with van der Waals surface area (Å²) >= 11 is 1.97. The molecule has 0 bridgehead atoms. The zero-order valence-electron chi connectivity index (χ0n) is 12.1. The summed E-state index contributed by atoms with van der Waals surface area (Å²) in [6.45, 7) is 0.631. The molecule has 0 spiro atoms. The molecule has 1 saturated carbocycles. The Hall–Kier alpha value is -0.550. The van der Waals surface area contributed by atoms with Crippen LogP contribution in [0.3, 0.4) is 0 Å². The van der Waals surface area contributed by atoms with E-state index in [1.165, 1.54) is 50.7 Å². The first kappa shape index (κ1) is 14.4. The fraction of sp³-hybridized carbons (Fsp3) is 0.867. The molecule has 0 amide bonds. The maximum atomic E-state index is 6.09. The first-order chi connectivity index (χ1) is 9.84. The summed E-state index contributed by atoms with van der Waals surface area (Å²) in [7, 11) is 0. The number of aromatic nitrogens is 2. The monoisotopic (exact) mass is 295 g/mol. The predicted octanol–water partition coefficient (Wildman–Crippen LogP) is 3.58. The van der Waals surface area contributed by atoms with Crippen LogP contribution in [0.15, 0.2) is 4.52 Å². The Kier molecular flexibility index (Phi) is 4.66. The lowest BCUT2D eigenvalue weighted by Crippen LogP contribution is -2.35. The second-order valence-electron chi connectivity index (χ2n) is 6.21. The zero-order valence-corrected chi connectivity index (χ0v) is 13.0. The molecule has 112 valence electrons. The highest BCUT2D eigenvalue weighted by atomic mass is 32.2. The molecule has 4 nitrogen and oxygen atoms in total. The fourth-order valence-corrected chi connectivity index (χ4v) is 4.67. The van der Waals surface area contributed by atoms with Gasteiger partial charge < -0.3 is 10.3 Å². The third-order valence-electron chi connectivity index (χ3n) is 4.81. The van der Waals surface area contributed by atoms with Crippen LogP contribution in [0, 0.1) is 0 Å². The van der Waals surface area contributed by atoms with Crippen molar-refractivity contribution >= 4 is 11.8 Å². The fourth-order valence-electron chi connectivity index (χ4n) is 3.44. The van der Waals surface area contributed by atoms with Crippen LogP contribution in [0.2, 0.25) is 0 Å². The van der Waals surface area contributed by atoms with Crippen LogP contribution in [0.4, 0.5) is 0 Å². The van der Waals surface area contributed by atoms with Crippen molar-refractivity contribution in [1.82, 2.24) is 10.1 Å². The highest BCUT2D eigenvalue weighted by molar-refractivity contribution is 7.99. The zero-order chi connectivity index (χ0) is 13.8. The van der Waals surface area contributed by atoms with Crippen LogP contribution in [0.25, 0.3) is 0 Å². The van der Waals surface area contributed by atoms with Gasteiger partial charge in [0.05, 0.1) is 10.7 Å². The average Bonchev–Trinajstić information content (AvgIpc) is 2.88. The van der Waals surface area contributed by atoms with Crippen molar-refractivity contribution in [2.24, 2.45) is 5.73 Å². The molecule has 0 aromatic carbocycles. The Morgan fingerprint density at radius 2 is 1.95 bits per heavy atom. The second kappa shape index (κ2) is 6.48. The molecule has 1 aliphatic carbocycles. The smallest absolute Gasteiger partial charge is 0.234 e. The highest BCUT2D eigenvalue weighted by Crippen LogP contribution is 2.40. The molecular formula is C15H25N3OS. The van der Waals surface area contributed by atoms with Crippen LogP contribution in [0.1, 0.15) is 74.8 Å². The van der Waals surface area contributed by atoms with Gasteiger partial charge in [0, 0.05) is 6.54 Å². The normalized spacial score (nSPS) is 27.1. The highest BCUT2D eigenvalue weighted by Gasteiger charge is 2.37. The first-order valence-corrected chi connectivity index (χ1v) is 9.05. The minimum Gasteiger partial charge on any atom is -0.339 e. The predicted molar refractivity (Wildman–Crippen MR) is 81.8 cm³/mol. The van der Waals surface area contributed by atoms with Gasteiger partial charge in [-0.25, -0.2) is 0 Å². The maximum absolute atomic E-state index is 6.09.